The van der Waals surface area contributed by atoms with Crippen LogP contribution in [0.15, 0.2) is 48.8 Å². The molecule has 142 valence electrons. The van der Waals surface area contributed by atoms with Crippen LogP contribution in [0.2, 0.25) is 0 Å². The molecule has 6 heteroatoms. The first kappa shape index (κ1) is 18.0. The van der Waals surface area contributed by atoms with E-state index >= 15 is 0 Å². The third-order valence-corrected chi connectivity index (χ3v) is 5.03. The largest absolute Gasteiger partial charge is 0.351 e. The van der Waals surface area contributed by atoms with Gasteiger partial charge >= 0.3 is 0 Å². The van der Waals surface area contributed by atoms with E-state index in [1.54, 1.807) is 30.3 Å². The molecule has 0 aliphatic carbocycles. The summed E-state index contributed by atoms with van der Waals surface area (Å²) in [4.78, 5) is 29.9. The summed E-state index contributed by atoms with van der Waals surface area (Å²) < 4.78 is 2.08. The van der Waals surface area contributed by atoms with E-state index in [9.17, 15) is 9.59 Å². The number of fused-ring (bicyclic) bond motifs is 2. The molecule has 0 spiro atoms. The summed E-state index contributed by atoms with van der Waals surface area (Å²) >= 11 is 0. The van der Waals surface area contributed by atoms with Gasteiger partial charge in [0.15, 0.2) is 0 Å². The molecule has 0 bridgehead atoms. The lowest BCUT2D eigenvalue weighted by Crippen LogP contribution is -2.24. The van der Waals surface area contributed by atoms with Gasteiger partial charge in [0.25, 0.3) is 0 Å². The lowest BCUT2D eigenvalue weighted by Gasteiger charge is -2.16. The first-order valence-electron chi connectivity index (χ1n) is 9.25. The van der Waals surface area contributed by atoms with Crippen LogP contribution in [0.5, 0.6) is 0 Å². The second kappa shape index (κ2) is 7.31. The Morgan fingerprint density at radius 3 is 3.00 bits per heavy atom. The van der Waals surface area contributed by atoms with Crippen molar-refractivity contribution < 1.29 is 9.59 Å². The van der Waals surface area contributed by atoms with E-state index in [4.69, 9.17) is 0 Å². The molecule has 28 heavy (non-hydrogen) atoms. The van der Waals surface area contributed by atoms with Crippen LogP contribution in [-0.4, -0.2) is 33.3 Å². The molecule has 6 nitrogen and oxygen atoms in total. The zero-order valence-electron chi connectivity index (χ0n) is 16.0. The lowest BCUT2D eigenvalue weighted by atomic mass is 10.0. The van der Waals surface area contributed by atoms with Crippen LogP contribution in [0.3, 0.4) is 0 Å². The standard InChI is InChI=1S/C22H22N4O2/c1-25-10-9-17-12-16(3-6-19(17)25)14-26(2)21(28)8-4-15-11-18-5-7-20(27)24-22(18)23-13-15/h3-4,6,8-13H,5,7,14H2,1-2H3,(H,23,24,27). The Bertz CT molecular complexity index is 1100. The summed E-state index contributed by atoms with van der Waals surface area (Å²) in [6.45, 7) is 0.544. The molecule has 1 aliphatic heterocycles. The number of anilines is 1. The Labute approximate surface area is 163 Å². The molecule has 2 amide bonds. The molecule has 0 radical (unpaired) electrons. The number of aromatic nitrogens is 2. The summed E-state index contributed by atoms with van der Waals surface area (Å²) in [5.41, 5.74) is 4.11. The maximum Gasteiger partial charge on any atom is 0.246 e. The molecule has 0 saturated heterocycles. The van der Waals surface area contributed by atoms with E-state index in [1.165, 1.54) is 10.9 Å². The molecule has 1 aromatic carbocycles. The minimum Gasteiger partial charge on any atom is -0.351 e. The molecule has 4 rings (SSSR count). The SMILES string of the molecule is CN(Cc1ccc2c(ccn2C)c1)C(=O)C=Cc1cnc2c(c1)CCC(=O)N2. The number of amides is 2. The monoisotopic (exact) mass is 374 g/mol. The Morgan fingerprint density at radius 2 is 2.14 bits per heavy atom. The normalized spacial score (nSPS) is 13.6. The Kier molecular flexibility index (Phi) is 4.69. The fourth-order valence-corrected chi connectivity index (χ4v) is 3.44. The van der Waals surface area contributed by atoms with Crippen LogP contribution in [0.4, 0.5) is 5.82 Å². The Balaban J connectivity index is 1.42. The highest BCUT2D eigenvalue weighted by Crippen LogP contribution is 2.21. The third kappa shape index (κ3) is 3.67. The van der Waals surface area contributed by atoms with Crippen molar-refractivity contribution in [1.29, 1.82) is 0 Å². The van der Waals surface area contributed by atoms with Crippen molar-refractivity contribution in [3.8, 4) is 0 Å². The smallest absolute Gasteiger partial charge is 0.246 e. The Morgan fingerprint density at radius 1 is 1.29 bits per heavy atom. The van der Waals surface area contributed by atoms with Crippen molar-refractivity contribution in [1.82, 2.24) is 14.5 Å². The van der Waals surface area contributed by atoms with Crippen LogP contribution in [0.25, 0.3) is 17.0 Å². The average Bonchev–Trinajstić information content (AvgIpc) is 3.06. The number of likely N-dealkylation sites (N-methyl/N-ethyl adjacent to an activating group) is 1. The summed E-state index contributed by atoms with van der Waals surface area (Å²) in [6, 6.07) is 10.3. The van der Waals surface area contributed by atoms with Gasteiger partial charge in [-0.05, 0) is 58.8 Å². The number of pyridine rings is 1. The number of nitrogens with one attached hydrogen (secondary N) is 1. The molecule has 0 atom stereocenters. The zero-order valence-corrected chi connectivity index (χ0v) is 16.0. The molecule has 0 saturated carbocycles. The minimum absolute atomic E-state index is 0.00575. The Hall–Kier alpha value is -3.41. The molecule has 2 aromatic heterocycles. The molecule has 0 fully saturated rings. The second-order valence-corrected chi connectivity index (χ2v) is 7.17. The van der Waals surface area contributed by atoms with Crippen molar-refractivity contribution in [3.63, 3.8) is 0 Å². The van der Waals surface area contributed by atoms with Gasteiger partial charge in [0.05, 0.1) is 0 Å². The molecule has 3 heterocycles. The van der Waals surface area contributed by atoms with E-state index in [1.807, 2.05) is 19.3 Å². The van der Waals surface area contributed by atoms with Gasteiger partial charge in [-0.1, -0.05) is 6.07 Å². The van der Waals surface area contributed by atoms with E-state index < -0.39 is 0 Å². The van der Waals surface area contributed by atoms with E-state index in [2.05, 4.69) is 39.1 Å². The topological polar surface area (TPSA) is 67.2 Å². The number of hydrogen-bond donors (Lipinski definition) is 1. The maximum absolute atomic E-state index is 12.5. The summed E-state index contributed by atoms with van der Waals surface area (Å²) in [7, 11) is 3.81. The highest BCUT2D eigenvalue weighted by atomic mass is 16.2. The van der Waals surface area contributed by atoms with E-state index in [0.29, 0.717) is 25.2 Å². The van der Waals surface area contributed by atoms with Crippen molar-refractivity contribution in [2.24, 2.45) is 7.05 Å². The predicted molar refractivity (Wildman–Crippen MR) is 110 cm³/mol. The maximum atomic E-state index is 12.5. The first-order chi connectivity index (χ1) is 13.5. The van der Waals surface area contributed by atoms with Crippen LogP contribution in [0, 0.1) is 0 Å². The first-order valence-corrected chi connectivity index (χ1v) is 9.25. The van der Waals surface area contributed by atoms with Crippen LogP contribution >= 0.6 is 0 Å². The average molecular weight is 374 g/mol. The minimum atomic E-state index is -0.0702. The van der Waals surface area contributed by atoms with Gasteiger partial charge in [0.1, 0.15) is 5.82 Å². The molecular formula is C22H22N4O2. The number of rotatable bonds is 4. The van der Waals surface area contributed by atoms with Gasteiger partial charge < -0.3 is 14.8 Å². The number of benzene rings is 1. The van der Waals surface area contributed by atoms with Crippen molar-refractivity contribution >= 4 is 34.6 Å². The summed E-state index contributed by atoms with van der Waals surface area (Å²) in [6.07, 6.45) is 8.16. The summed E-state index contributed by atoms with van der Waals surface area (Å²) in [5, 5.41) is 3.93. The number of hydrogen-bond acceptors (Lipinski definition) is 3. The molecule has 0 unspecified atom stereocenters. The molecular weight excluding hydrogens is 352 g/mol. The fraction of sp³-hybridized carbons (Fsp3) is 0.227. The van der Waals surface area contributed by atoms with Crippen molar-refractivity contribution in [2.75, 3.05) is 12.4 Å². The molecule has 1 aliphatic rings. The van der Waals surface area contributed by atoms with Gasteiger partial charge in [-0.2, -0.15) is 0 Å². The van der Waals surface area contributed by atoms with Crippen LogP contribution < -0.4 is 5.32 Å². The number of aryl methyl sites for hydroxylation is 2. The molecule has 3 aromatic rings. The van der Waals surface area contributed by atoms with Gasteiger partial charge in [-0.25, -0.2) is 4.98 Å². The highest BCUT2D eigenvalue weighted by Gasteiger charge is 2.15. The second-order valence-electron chi connectivity index (χ2n) is 7.17. The van der Waals surface area contributed by atoms with Crippen molar-refractivity contribution in [3.05, 3.63) is 65.5 Å². The van der Waals surface area contributed by atoms with Gasteiger partial charge in [0.2, 0.25) is 11.8 Å². The van der Waals surface area contributed by atoms with Crippen LogP contribution in [-0.2, 0) is 29.6 Å². The van der Waals surface area contributed by atoms with Gasteiger partial charge in [0, 0.05) is 51.0 Å². The van der Waals surface area contributed by atoms with Gasteiger partial charge in [-0.3, -0.25) is 9.59 Å². The van der Waals surface area contributed by atoms with E-state index in [0.717, 1.165) is 16.7 Å². The summed E-state index contributed by atoms with van der Waals surface area (Å²) in [5.74, 6) is 0.543. The fourth-order valence-electron chi connectivity index (χ4n) is 3.44. The number of carbonyl (C=O) groups excluding carboxylic acids is 2. The van der Waals surface area contributed by atoms with Crippen molar-refractivity contribution in [2.45, 2.75) is 19.4 Å². The quantitative estimate of drug-likeness (QED) is 0.714. The number of nitrogens with zero attached hydrogens (tertiary/aromatic N) is 3. The third-order valence-electron chi connectivity index (χ3n) is 5.03. The van der Waals surface area contributed by atoms with E-state index in [-0.39, 0.29) is 11.8 Å². The lowest BCUT2D eigenvalue weighted by molar-refractivity contribution is -0.125. The van der Waals surface area contributed by atoms with Crippen LogP contribution in [0.1, 0.15) is 23.1 Å². The predicted octanol–water partition coefficient (Wildman–Crippen LogP) is 3.13. The molecule has 1 N–H and O–H groups in total. The zero-order chi connectivity index (χ0) is 19.7. The number of carbonyl (C=O) groups is 2. The highest BCUT2D eigenvalue weighted by molar-refractivity contribution is 5.93. The van der Waals surface area contributed by atoms with Gasteiger partial charge in [-0.15, -0.1) is 0 Å².